The number of pyridine rings is 1. The summed E-state index contributed by atoms with van der Waals surface area (Å²) in [5.41, 5.74) is 1.48. The van der Waals surface area contributed by atoms with Crippen LogP contribution in [0.5, 0.6) is 0 Å². The van der Waals surface area contributed by atoms with Crippen molar-refractivity contribution in [1.82, 2.24) is 15.0 Å². The molecule has 0 saturated heterocycles. The lowest BCUT2D eigenvalue weighted by Gasteiger charge is -2.10. The molecule has 6 nitrogen and oxygen atoms in total. The van der Waals surface area contributed by atoms with Crippen molar-refractivity contribution in [2.24, 2.45) is 0 Å². The Morgan fingerprint density at radius 2 is 2.04 bits per heavy atom. The van der Waals surface area contributed by atoms with Gasteiger partial charge in [-0.05, 0) is 23.8 Å². The van der Waals surface area contributed by atoms with Gasteiger partial charge >= 0.3 is 0 Å². The second kappa shape index (κ2) is 8.49. The standard InChI is InChI=1S/C18H17FN4O2/c1-12(19)8-15(13(2)25-3)16-10-17(22-11-21-16)23-18(24)9-14-4-6-20-7-5-14/h4-8,10-11H,1-2,9H2,3H3,(H,21,22,23,24)/b15-8+. The summed E-state index contributed by atoms with van der Waals surface area (Å²) < 4.78 is 18.2. The van der Waals surface area contributed by atoms with Gasteiger partial charge in [0, 0.05) is 24.0 Å². The number of aromatic nitrogens is 3. The van der Waals surface area contributed by atoms with Crippen LogP contribution in [0.2, 0.25) is 0 Å². The normalized spacial score (nSPS) is 10.9. The van der Waals surface area contributed by atoms with E-state index in [1.165, 1.54) is 19.5 Å². The summed E-state index contributed by atoms with van der Waals surface area (Å²) in [5.74, 6) is -0.424. The number of carbonyl (C=O) groups is 1. The highest BCUT2D eigenvalue weighted by Crippen LogP contribution is 2.23. The van der Waals surface area contributed by atoms with Crippen LogP contribution >= 0.6 is 0 Å². The second-order valence-electron chi connectivity index (χ2n) is 5.00. The van der Waals surface area contributed by atoms with Gasteiger partial charge in [-0.25, -0.2) is 14.4 Å². The lowest BCUT2D eigenvalue weighted by molar-refractivity contribution is -0.115. The predicted molar refractivity (Wildman–Crippen MR) is 93.0 cm³/mol. The molecule has 0 aliphatic rings. The van der Waals surface area contributed by atoms with E-state index >= 15 is 0 Å². The van der Waals surface area contributed by atoms with E-state index < -0.39 is 5.83 Å². The van der Waals surface area contributed by atoms with Crippen LogP contribution in [-0.2, 0) is 16.0 Å². The molecule has 0 aliphatic heterocycles. The molecule has 0 saturated carbocycles. The maximum atomic E-state index is 13.2. The highest BCUT2D eigenvalue weighted by Gasteiger charge is 2.12. The fraction of sp³-hybridized carbons (Fsp3) is 0.111. The zero-order valence-corrected chi connectivity index (χ0v) is 13.7. The van der Waals surface area contributed by atoms with E-state index in [0.29, 0.717) is 11.3 Å². The van der Waals surface area contributed by atoms with E-state index in [-0.39, 0.29) is 23.9 Å². The molecule has 0 aliphatic carbocycles. The first-order valence-corrected chi connectivity index (χ1v) is 7.30. The summed E-state index contributed by atoms with van der Waals surface area (Å²) in [7, 11) is 1.41. The van der Waals surface area contributed by atoms with Gasteiger partial charge in [-0.2, -0.15) is 0 Å². The van der Waals surface area contributed by atoms with Crippen LogP contribution in [0.4, 0.5) is 10.2 Å². The molecule has 1 amide bonds. The number of halogens is 1. The zero-order valence-electron chi connectivity index (χ0n) is 13.7. The van der Waals surface area contributed by atoms with Gasteiger partial charge in [0.1, 0.15) is 23.7 Å². The van der Waals surface area contributed by atoms with Crippen molar-refractivity contribution in [3.63, 3.8) is 0 Å². The Labute approximate surface area is 144 Å². The molecule has 2 aromatic rings. The number of anilines is 1. The number of hydrogen-bond donors (Lipinski definition) is 1. The number of nitrogens with zero attached hydrogens (tertiary/aromatic N) is 3. The van der Waals surface area contributed by atoms with Crippen molar-refractivity contribution >= 4 is 17.3 Å². The van der Waals surface area contributed by atoms with Crippen molar-refractivity contribution in [2.75, 3.05) is 12.4 Å². The summed E-state index contributed by atoms with van der Waals surface area (Å²) in [6, 6.07) is 5.01. The number of ether oxygens (including phenoxy) is 1. The van der Waals surface area contributed by atoms with E-state index in [2.05, 4.69) is 33.4 Å². The van der Waals surface area contributed by atoms with Crippen LogP contribution in [0, 0.1) is 0 Å². The molecule has 0 bridgehead atoms. The van der Waals surface area contributed by atoms with Gasteiger partial charge < -0.3 is 10.1 Å². The predicted octanol–water partition coefficient (Wildman–Crippen LogP) is 3.08. The maximum Gasteiger partial charge on any atom is 0.229 e. The molecule has 0 aromatic carbocycles. The van der Waals surface area contributed by atoms with E-state index in [1.54, 1.807) is 24.5 Å². The molecule has 128 valence electrons. The average Bonchev–Trinajstić information content (AvgIpc) is 2.60. The Hall–Kier alpha value is -3.35. The second-order valence-corrected chi connectivity index (χ2v) is 5.00. The molecule has 0 fully saturated rings. The first kappa shape index (κ1) is 18.0. The van der Waals surface area contributed by atoms with Crippen LogP contribution < -0.4 is 5.32 Å². The van der Waals surface area contributed by atoms with Gasteiger partial charge in [0.15, 0.2) is 0 Å². The minimum Gasteiger partial charge on any atom is -0.497 e. The molecule has 7 heteroatoms. The quantitative estimate of drug-likeness (QED) is 0.619. The van der Waals surface area contributed by atoms with Crippen LogP contribution in [0.3, 0.4) is 0 Å². The van der Waals surface area contributed by atoms with E-state index in [0.717, 1.165) is 11.6 Å². The number of carbonyl (C=O) groups excluding carboxylic acids is 1. The Morgan fingerprint density at radius 3 is 2.68 bits per heavy atom. The highest BCUT2D eigenvalue weighted by atomic mass is 19.1. The topological polar surface area (TPSA) is 77.0 Å². The Bertz CT molecular complexity index is 819. The Balaban J connectivity index is 2.18. The molecular formula is C18H17FN4O2. The summed E-state index contributed by atoms with van der Waals surface area (Å²) in [4.78, 5) is 24.1. The first-order chi connectivity index (χ1) is 12.0. The SMILES string of the molecule is C=C(F)/C=C(\C(=C)OC)c1cc(NC(=O)Cc2ccncc2)ncn1. The summed E-state index contributed by atoms with van der Waals surface area (Å²) in [5, 5.41) is 2.67. The molecule has 2 aromatic heterocycles. The van der Waals surface area contributed by atoms with Gasteiger partial charge in [-0.1, -0.05) is 13.2 Å². The Kier molecular flexibility index (Phi) is 6.11. The molecule has 2 heterocycles. The summed E-state index contributed by atoms with van der Waals surface area (Å²) in [6.45, 7) is 6.89. The monoisotopic (exact) mass is 340 g/mol. The van der Waals surface area contributed by atoms with E-state index in [4.69, 9.17) is 4.74 Å². The van der Waals surface area contributed by atoms with Crippen LogP contribution in [0.25, 0.3) is 5.57 Å². The number of rotatable bonds is 7. The molecule has 1 N–H and O–H groups in total. The molecule has 0 spiro atoms. The lowest BCUT2D eigenvalue weighted by Crippen LogP contribution is -2.15. The van der Waals surface area contributed by atoms with Crippen molar-refractivity contribution in [2.45, 2.75) is 6.42 Å². The molecule has 0 unspecified atom stereocenters. The molecule has 0 atom stereocenters. The summed E-state index contributed by atoms with van der Waals surface area (Å²) in [6.07, 6.45) is 5.81. The molecule has 2 rings (SSSR count). The van der Waals surface area contributed by atoms with Crippen molar-refractivity contribution in [3.05, 3.63) is 79.0 Å². The van der Waals surface area contributed by atoms with Crippen LogP contribution in [0.1, 0.15) is 11.3 Å². The van der Waals surface area contributed by atoms with Crippen molar-refractivity contribution < 1.29 is 13.9 Å². The van der Waals surface area contributed by atoms with E-state index in [9.17, 15) is 9.18 Å². The van der Waals surface area contributed by atoms with Gasteiger partial charge in [0.25, 0.3) is 0 Å². The molecular weight excluding hydrogens is 323 g/mol. The smallest absolute Gasteiger partial charge is 0.229 e. The molecule has 0 radical (unpaired) electrons. The third-order valence-electron chi connectivity index (χ3n) is 3.17. The highest BCUT2D eigenvalue weighted by molar-refractivity contribution is 5.91. The largest absolute Gasteiger partial charge is 0.497 e. The lowest BCUT2D eigenvalue weighted by atomic mass is 10.1. The average molecular weight is 340 g/mol. The van der Waals surface area contributed by atoms with Gasteiger partial charge in [-0.15, -0.1) is 0 Å². The third-order valence-corrected chi connectivity index (χ3v) is 3.17. The Morgan fingerprint density at radius 1 is 1.32 bits per heavy atom. The van der Waals surface area contributed by atoms with Crippen LogP contribution in [-0.4, -0.2) is 28.0 Å². The van der Waals surface area contributed by atoms with E-state index in [1.807, 2.05) is 0 Å². The van der Waals surface area contributed by atoms with Crippen molar-refractivity contribution in [1.29, 1.82) is 0 Å². The number of methoxy groups -OCH3 is 1. The number of hydrogen-bond acceptors (Lipinski definition) is 5. The van der Waals surface area contributed by atoms with Gasteiger partial charge in [-0.3, -0.25) is 9.78 Å². The molecule has 25 heavy (non-hydrogen) atoms. The fourth-order valence-electron chi connectivity index (χ4n) is 2.01. The number of allylic oxidation sites excluding steroid dienone is 3. The van der Waals surface area contributed by atoms with Gasteiger partial charge in [0.2, 0.25) is 5.91 Å². The number of nitrogens with one attached hydrogen (secondary N) is 1. The number of amides is 1. The fourth-order valence-corrected chi connectivity index (χ4v) is 2.01. The first-order valence-electron chi connectivity index (χ1n) is 7.30. The van der Waals surface area contributed by atoms with Gasteiger partial charge in [0.05, 0.1) is 19.2 Å². The summed E-state index contributed by atoms with van der Waals surface area (Å²) >= 11 is 0. The minimum absolute atomic E-state index is 0.177. The van der Waals surface area contributed by atoms with Crippen LogP contribution in [0.15, 0.2) is 67.7 Å². The maximum absolute atomic E-state index is 13.2. The minimum atomic E-state index is -0.671. The van der Waals surface area contributed by atoms with Crippen molar-refractivity contribution in [3.8, 4) is 0 Å². The third kappa shape index (κ3) is 5.35. The zero-order chi connectivity index (χ0) is 18.2.